The first-order chi connectivity index (χ1) is 13.0. The molecule has 7 heteroatoms. The van der Waals surface area contributed by atoms with E-state index in [1.807, 2.05) is 50.1 Å². The minimum absolute atomic E-state index is 0.0346. The third-order valence-electron chi connectivity index (χ3n) is 4.79. The van der Waals surface area contributed by atoms with E-state index in [-0.39, 0.29) is 18.0 Å². The lowest BCUT2D eigenvalue weighted by Crippen LogP contribution is -2.45. The van der Waals surface area contributed by atoms with Crippen molar-refractivity contribution < 1.29 is 9.59 Å². The molecule has 0 unspecified atom stereocenters. The number of carbonyl (C=O) groups is 2. The number of benzene rings is 1. The van der Waals surface area contributed by atoms with Crippen molar-refractivity contribution >= 4 is 23.3 Å². The van der Waals surface area contributed by atoms with Gasteiger partial charge in [0.25, 0.3) is 5.91 Å². The molecule has 1 aromatic heterocycles. The van der Waals surface area contributed by atoms with Crippen molar-refractivity contribution in [3.8, 4) is 0 Å². The number of anilines is 2. The zero-order chi connectivity index (χ0) is 19.4. The van der Waals surface area contributed by atoms with E-state index in [0.717, 1.165) is 24.3 Å². The Morgan fingerprint density at radius 1 is 1.22 bits per heavy atom. The highest BCUT2D eigenvalue weighted by molar-refractivity contribution is 6.01. The van der Waals surface area contributed by atoms with Crippen molar-refractivity contribution in [2.75, 3.05) is 36.9 Å². The maximum absolute atomic E-state index is 12.3. The number of nitrogens with zero attached hydrogens (tertiary/aromatic N) is 3. The first-order valence-electron chi connectivity index (χ1n) is 9.14. The smallest absolute Gasteiger partial charge is 0.256 e. The Bertz CT molecular complexity index is 817. The van der Waals surface area contributed by atoms with Gasteiger partial charge in [-0.05, 0) is 42.9 Å². The molecule has 7 nitrogen and oxygen atoms in total. The molecule has 1 aliphatic rings. The van der Waals surface area contributed by atoms with E-state index in [2.05, 4.69) is 20.5 Å². The van der Waals surface area contributed by atoms with Gasteiger partial charge in [-0.2, -0.15) is 0 Å². The second kappa shape index (κ2) is 8.18. The molecule has 1 aliphatic heterocycles. The fourth-order valence-electron chi connectivity index (χ4n) is 3.18. The Labute approximate surface area is 159 Å². The fraction of sp³-hybridized carbons (Fsp3) is 0.350. The van der Waals surface area contributed by atoms with Crippen molar-refractivity contribution in [3.05, 3.63) is 53.7 Å². The molecule has 2 heterocycles. The molecule has 3 rings (SSSR count). The minimum atomic E-state index is -0.305. The molecule has 1 atom stereocenters. The van der Waals surface area contributed by atoms with Gasteiger partial charge < -0.3 is 15.5 Å². The normalized spacial score (nSPS) is 16.1. The molecule has 142 valence electrons. The van der Waals surface area contributed by atoms with E-state index in [9.17, 15) is 9.59 Å². The molecule has 2 N–H and O–H groups in total. The average molecular weight is 367 g/mol. The summed E-state index contributed by atoms with van der Waals surface area (Å²) in [6, 6.07) is 11.0. The number of aromatic nitrogens is 1. The predicted octanol–water partition coefficient (Wildman–Crippen LogP) is 2.24. The van der Waals surface area contributed by atoms with Crippen LogP contribution in [0, 0.1) is 0 Å². The van der Waals surface area contributed by atoms with Gasteiger partial charge >= 0.3 is 0 Å². The first kappa shape index (κ1) is 18.8. The molecule has 2 aromatic rings. The highest BCUT2D eigenvalue weighted by Gasteiger charge is 2.30. The zero-order valence-electron chi connectivity index (χ0n) is 15.9. The summed E-state index contributed by atoms with van der Waals surface area (Å²) in [6.45, 7) is 6.12. The Hall–Kier alpha value is -2.93. The summed E-state index contributed by atoms with van der Waals surface area (Å²) < 4.78 is 0. The first-order valence-corrected chi connectivity index (χ1v) is 9.14. The van der Waals surface area contributed by atoms with Gasteiger partial charge in [0.15, 0.2) is 0 Å². The molecule has 0 aliphatic carbocycles. The zero-order valence-corrected chi connectivity index (χ0v) is 15.9. The second-order valence-electron chi connectivity index (χ2n) is 6.49. The number of pyridine rings is 1. The topological polar surface area (TPSA) is 77.6 Å². The number of likely N-dealkylation sites (N-methyl/N-ethyl adjacent to an activating group) is 1. The maximum Gasteiger partial charge on any atom is 0.256 e. The molecular formula is C20H25N5O2. The third kappa shape index (κ3) is 4.09. The van der Waals surface area contributed by atoms with Gasteiger partial charge in [0.2, 0.25) is 5.91 Å². The molecule has 0 bridgehead atoms. The molecule has 2 amide bonds. The van der Waals surface area contributed by atoms with Crippen LogP contribution in [0.3, 0.4) is 0 Å². The summed E-state index contributed by atoms with van der Waals surface area (Å²) in [4.78, 5) is 32.8. The Balaban J connectivity index is 1.71. The lowest BCUT2D eigenvalue weighted by atomic mass is 10.1. The number of carbonyl (C=O) groups excluding carboxylic acids is 2. The standard InChI is InChI=1S/C20H25N5O2/c1-4-25(5-2)13-17(26)22-15-10-8-14(9-11-15)18-23-20(27)16-7-6-12-21-19(16)24(18)3/h6-12,18H,4-5,13H2,1-3H3,(H,22,26)(H,23,27)/t18-/m1/s1. The van der Waals surface area contributed by atoms with Crippen LogP contribution in [0.5, 0.6) is 0 Å². The monoisotopic (exact) mass is 367 g/mol. The summed E-state index contributed by atoms with van der Waals surface area (Å²) in [7, 11) is 1.90. The summed E-state index contributed by atoms with van der Waals surface area (Å²) >= 11 is 0. The van der Waals surface area contributed by atoms with Gasteiger partial charge in [-0.25, -0.2) is 4.98 Å². The van der Waals surface area contributed by atoms with Crippen LogP contribution in [0.15, 0.2) is 42.6 Å². The van der Waals surface area contributed by atoms with Crippen LogP contribution >= 0.6 is 0 Å². The van der Waals surface area contributed by atoms with Gasteiger partial charge in [-0.3, -0.25) is 14.5 Å². The minimum Gasteiger partial charge on any atom is -0.335 e. The van der Waals surface area contributed by atoms with Crippen LogP contribution in [0.4, 0.5) is 11.5 Å². The van der Waals surface area contributed by atoms with Gasteiger partial charge in [0.1, 0.15) is 12.0 Å². The van der Waals surface area contributed by atoms with Crippen molar-refractivity contribution in [1.82, 2.24) is 15.2 Å². The predicted molar refractivity (Wildman–Crippen MR) is 106 cm³/mol. The van der Waals surface area contributed by atoms with E-state index in [0.29, 0.717) is 17.9 Å². The van der Waals surface area contributed by atoms with Gasteiger partial charge in [0.05, 0.1) is 12.1 Å². The molecule has 0 saturated carbocycles. The van der Waals surface area contributed by atoms with Gasteiger partial charge in [-0.15, -0.1) is 0 Å². The summed E-state index contributed by atoms with van der Waals surface area (Å²) in [6.07, 6.45) is 1.37. The maximum atomic E-state index is 12.3. The van der Waals surface area contributed by atoms with Crippen molar-refractivity contribution in [3.63, 3.8) is 0 Å². The Kier molecular flexibility index (Phi) is 5.71. The molecule has 0 saturated heterocycles. The van der Waals surface area contributed by atoms with E-state index >= 15 is 0 Å². The Morgan fingerprint density at radius 2 is 1.93 bits per heavy atom. The van der Waals surface area contributed by atoms with Gasteiger partial charge in [-0.1, -0.05) is 26.0 Å². The fourth-order valence-corrected chi connectivity index (χ4v) is 3.18. The van der Waals surface area contributed by atoms with E-state index in [1.54, 1.807) is 18.3 Å². The molecule has 0 radical (unpaired) electrons. The quantitative estimate of drug-likeness (QED) is 0.819. The number of rotatable bonds is 6. The van der Waals surface area contributed by atoms with Crippen LogP contribution in [-0.2, 0) is 4.79 Å². The van der Waals surface area contributed by atoms with Crippen molar-refractivity contribution in [2.45, 2.75) is 20.0 Å². The van der Waals surface area contributed by atoms with Crippen LogP contribution < -0.4 is 15.5 Å². The lowest BCUT2D eigenvalue weighted by molar-refractivity contribution is -0.117. The third-order valence-corrected chi connectivity index (χ3v) is 4.79. The summed E-state index contributed by atoms with van der Waals surface area (Å²) in [5, 5.41) is 5.91. The molecule has 1 aromatic carbocycles. The lowest BCUT2D eigenvalue weighted by Gasteiger charge is -2.35. The molecule has 0 fully saturated rings. The second-order valence-corrected chi connectivity index (χ2v) is 6.49. The number of hydrogen-bond acceptors (Lipinski definition) is 5. The largest absolute Gasteiger partial charge is 0.335 e. The van der Waals surface area contributed by atoms with Crippen molar-refractivity contribution in [1.29, 1.82) is 0 Å². The molecular weight excluding hydrogens is 342 g/mol. The highest BCUT2D eigenvalue weighted by Crippen LogP contribution is 2.30. The number of nitrogens with one attached hydrogen (secondary N) is 2. The van der Waals surface area contributed by atoms with E-state index < -0.39 is 0 Å². The Morgan fingerprint density at radius 3 is 2.59 bits per heavy atom. The summed E-state index contributed by atoms with van der Waals surface area (Å²) in [5.74, 6) is 0.480. The van der Waals surface area contributed by atoms with Crippen LogP contribution in [0.2, 0.25) is 0 Å². The van der Waals surface area contributed by atoms with E-state index in [1.165, 1.54) is 0 Å². The highest BCUT2D eigenvalue weighted by atomic mass is 16.2. The summed E-state index contributed by atoms with van der Waals surface area (Å²) in [5.41, 5.74) is 2.22. The average Bonchev–Trinajstić information content (AvgIpc) is 2.69. The molecule has 27 heavy (non-hydrogen) atoms. The van der Waals surface area contributed by atoms with Crippen LogP contribution in [0.1, 0.15) is 35.9 Å². The van der Waals surface area contributed by atoms with Crippen LogP contribution in [-0.4, -0.2) is 48.4 Å². The van der Waals surface area contributed by atoms with Crippen LogP contribution in [0.25, 0.3) is 0 Å². The number of hydrogen-bond donors (Lipinski definition) is 2. The SMILES string of the molecule is CCN(CC)CC(=O)Nc1ccc([C@@H]2NC(=O)c3cccnc3N2C)cc1. The molecule has 0 spiro atoms. The van der Waals surface area contributed by atoms with Crippen molar-refractivity contribution in [2.24, 2.45) is 0 Å². The van der Waals surface area contributed by atoms with E-state index in [4.69, 9.17) is 0 Å². The number of amides is 2. The van der Waals surface area contributed by atoms with Gasteiger partial charge in [0, 0.05) is 18.9 Å². The number of fused-ring (bicyclic) bond motifs is 1.